The number of nitrogens with zero attached hydrogens (tertiary/aromatic N) is 1. The van der Waals surface area contributed by atoms with E-state index in [9.17, 15) is 4.79 Å². The second kappa shape index (κ2) is 11.7. The summed E-state index contributed by atoms with van der Waals surface area (Å²) in [7, 11) is 1.81. The number of amides is 1. The van der Waals surface area contributed by atoms with Crippen LogP contribution in [0.4, 0.5) is 5.69 Å². The second-order valence-electron chi connectivity index (χ2n) is 8.03. The first kappa shape index (κ1) is 23.9. The number of hydrogen-bond donors (Lipinski definition) is 3. The molecule has 0 bridgehead atoms. The Hall–Kier alpha value is -1.35. The highest BCUT2D eigenvalue weighted by Gasteiger charge is 2.31. The summed E-state index contributed by atoms with van der Waals surface area (Å²) in [6.45, 7) is 4.59. The topological polar surface area (TPSA) is 74.8 Å². The van der Waals surface area contributed by atoms with E-state index in [1.54, 1.807) is 7.05 Å². The lowest BCUT2D eigenvalue weighted by molar-refractivity contribution is -0.124. The molecule has 1 saturated carbocycles. The highest BCUT2D eigenvalue weighted by molar-refractivity contribution is 14.0. The van der Waals surface area contributed by atoms with E-state index in [0.717, 1.165) is 36.6 Å². The van der Waals surface area contributed by atoms with Crippen molar-refractivity contribution >= 4 is 41.5 Å². The molecule has 1 aliphatic heterocycles. The Morgan fingerprint density at radius 1 is 1.24 bits per heavy atom. The van der Waals surface area contributed by atoms with Crippen LogP contribution in [0, 0.1) is 5.41 Å². The Labute approximate surface area is 191 Å². The number of guanidine groups is 1. The smallest absolute Gasteiger partial charge is 0.253 e. The molecule has 1 amide bonds. The number of halogens is 1. The average molecular weight is 514 g/mol. The predicted molar refractivity (Wildman–Crippen MR) is 129 cm³/mol. The number of nitrogens with one attached hydrogen (secondary N) is 3. The molecule has 1 aromatic rings. The molecule has 1 heterocycles. The standard InChI is InChI=1S/C22H34N4O2.HI/c1-3-22(11-4-5-12-22)16-25-21(23-2)24-15-17-8-6-9-18(14-17)26-20(27)19-10-7-13-28-19;/h6,8-9,14,19H,3-5,7,10-13,15-16H2,1-2H3,(H,26,27)(H2,23,24,25);1H. The third-order valence-electron chi connectivity index (χ3n) is 6.15. The molecule has 1 aromatic carbocycles. The van der Waals surface area contributed by atoms with Gasteiger partial charge in [0.1, 0.15) is 6.10 Å². The molecule has 6 nitrogen and oxygen atoms in total. The van der Waals surface area contributed by atoms with E-state index in [2.05, 4.69) is 27.9 Å². The highest BCUT2D eigenvalue weighted by atomic mass is 127. The van der Waals surface area contributed by atoms with Crippen LogP contribution in [-0.2, 0) is 16.1 Å². The molecule has 3 N–H and O–H groups in total. The maximum absolute atomic E-state index is 12.2. The van der Waals surface area contributed by atoms with Crippen LogP contribution < -0.4 is 16.0 Å². The van der Waals surface area contributed by atoms with Gasteiger partial charge in [0, 0.05) is 32.4 Å². The van der Waals surface area contributed by atoms with Crippen molar-refractivity contribution in [2.24, 2.45) is 10.4 Å². The zero-order valence-electron chi connectivity index (χ0n) is 17.6. The number of aliphatic imine (C=N–C) groups is 1. The number of ether oxygens (including phenoxy) is 1. The molecule has 0 radical (unpaired) electrons. The Balaban J connectivity index is 0.00000300. The lowest BCUT2D eigenvalue weighted by Gasteiger charge is -2.28. The summed E-state index contributed by atoms with van der Waals surface area (Å²) in [5.74, 6) is 0.773. The lowest BCUT2D eigenvalue weighted by Crippen LogP contribution is -2.42. The minimum Gasteiger partial charge on any atom is -0.368 e. The van der Waals surface area contributed by atoms with Crippen LogP contribution in [-0.4, -0.2) is 38.2 Å². The van der Waals surface area contributed by atoms with Gasteiger partial charge >= 0.3 is 0 Å². The quantitative estimate of drug-likeness (QED) is 0.292. The normalized spacial score (nSPS) is 20.8. The summed E-state index contributed by atoms with van der Waals surface area (Å²) >= 11 is 0. The fourth-order valence-corrected chi connectivity index (χ4v) is 4.22. The molecule has 1 aliphatic carbocycles. The minimum absolute atomic E-state index is 0. The van der Waals surface area contributed by atoms with Gasteiger partial charge in [-0.1, -0.05) is 31.9 Å². The van der Waals surface area contributed by atoms with E-state index in [4.69, 9.17) is 4.74 Å². The lowest BCUT2D eigenvalue weighted by atomic mass is 9.83. The van der Waals surface area contributed by atoms with Crippen molar-refractivity contribution in [3.63, 3.8) is 0 Å². The third kappa shape index (κ3) is 6.84. The van der Waals surface area contributed by atoms with Crippen molar-refractivity contribution in [3.05, 3.63) is 29.8 Å². The molecular formula is C22H35IN4O2. The first-order valence-corrected chi connectivity index (χ1v) is 10.6. The molecule has 2 aliphatic rings. The summed E-state index contributed by atoms with van der Waals surface area (Å²) < 4.78 is 5.45. The van der Waals surface area contributed by atoms with Crippen LogP contribution in [0.2, 0.25) is 0 Å². The molecule has 162 valence electrons. The molecule has 29 heavy (non-hydrogen) atoms. The fraction of sp³-hybridized carbons (Fsp3) is 0.636. The summed E-state index contributed by atoms with van der Waals surface area (Å²) in [5, 5.41) is 9.86. The SMILES string of the molecule is CCC1(CNC(=NC)NCc2cccc(NC(=O)C3CCCO3)c2)CCCC1.I. The van der Waals surface area contributed by atoms with E-state index in [1.807, 2.05) is 24.3 Å². The monoisotopic (exact) mass is 514 g/mol. The Morgan fingerprint density at radius 2 is 2.03 bits per heavy atom. The average Bonchev–Trinajstić information content (AvgIpc) is 3.41. The number of carbonyl (C=O) groups excluding carboxylic acids is 1. The number of anilines is 1. The molecule has 2 fully saturated rings. The molecule has 0 aromatic heterocycles. The number of rotatable bonds is 7. The molecule has 3 rings (SSSR count). The zero-order valence-corrected chi connectivity index (χ0v) is 20.0. The molecule has 0 spiro atoms. The van der Waals surface area contributed by atoms with Gasteiger partial charge in [0.05, 0.1) is 0 Å². The van der Waals surface area contributed by atoms with E-state index >= 15 is 0 Å². The van der Waals surface area contributed by atoms with Crippen molar-refractivity contribution in [2.45, 2.75) is 64.5 Å². The Kier molecular flexibility index (Phi) is 9.68. The van der Waals surface area contributed by atoms with E-state index < -0.39 is 0 Å². The highest BCUT2D eigenvalue weighted by Crippen LogP contribution is 2.40. The van der Waals surface area contributed by atoms with Crippen LogP contribution in [0.5, 0.6) is 0 Å². The number of hydrogen-bond acceptors (Lipinski definition) is 3. The summed E-state index contributed by atoms with van der Waals surface area (Å²) in [4.78, 5) is 16.6. The van der Waals surface area contributed by atoms with Crippen LogP contribution >= 0.6 is 24.0 Å². The Morgan fingerprint density at radius 3 is 2.69 bits per heavy atom. The first-order chi connectivity index (χ1) is 13.6. The zero-order chi connectivity index (χ0) is 19.8. The van der Waals surface area contributed by atoms with Gasteiger partial charge in [0.25, 0.3) is 5.91 Å². The minimum atomic E-state index is -0.314. The van der Waals surface area contributed by atoms with E-state index in [1.165, 1.54) is 32.1 Å². The molecule has 1 unspecified atom stereocenters. The predicted octanol–water partition coefficient (Wildman–Crippen LogP) is 4.06. The van der Waals surface area contributed by atoms with Gasteiger partial charge in [-0.05, 0) is 55.2 Å². The van der Waals surface area contributed by atoms with Crippen LogP contribution in [0.25, 0.3) is 0 Å². The molecular weight excluding hydrogens is 479 g/mol. The molecule has 7 heteroatoms. The van der Waals surface area contributed by atoms with E-state index in [0.29, 0.717) is 18.6 Å². The number of carbonyl (C=O) groups is 1. The van der Waals surface area contributed by atoms with Gasteiger partial charge in [-0.25, -0.2) is 0 Å². The molecule has 1 atom stereocenters. The fourth-order valence-electron chi connectivity index (χ4n) is 4.22. The van der Waals surface area contributed by atoms with Crippen molar-refractivity contribution in [3.8, 4) is 0 Å². The summed E-state index contributed by atoms with van der Waals surface area (Å²) in [5.41, 5.74) is 2.32. The van der Waals surface area contributed by atoms with Gasteiger partial charge in [-0.2, -0.15) is 0 Å². The number of benzene rings is 1. The molecule has 1 saturated heterocycles. The van der Waals surface area contributed by atoms with Crippen LogP contribution in [0.15, 0.2) is 29.3 Å². The summed E-state index contributed by atoms with van der Waals surface area (Å²) in [6.07, 6.45) is 7.94. The second-order valence-corrected chi connectivity index (χ2v) is 8.03. The first-order valence-electron chi connectivity index (χ1n) is 10.6. The summed E-state index contributed by atoms with van der Waals surface area (Å²) in [6, 6.07) is 7.92. The largest absolute Gasteiger partial charge is 0.368 e. The van der Waals surface area contributed by atoms with Crippen molar-refractivity contribution < 1.29 is 9.53 Å². The van der Waals surface area contributed by atoms with Gasteiger partial charge in [0.15, 0.2) is 5.96 Å². The van der Waals surface area contributed by atoms with Gasteiger partial charge in [0.2, 0.25) is 0 Å². The van der Waals surface area contributed by atoms with Gasteiger partial charge < -0.3 is 20.7 Å². The van der Waals surface area contributed by atoms with Gasteiger partial charge in [-0.3, -0.25) is 9.79 Å². The van der Waals surface area contributed by atoms with Crippen molar-refractivity contribution in [2.75, 3.05) is 25.5 Å². The maximum atomic E-state index is 12.2. The van der Waals surface area contributed by atoms with Gasteiger partial charge in [-0.15, -0.1) is 24.0 Å². The van der Waals surface area contributed by atoms with Crippen LogP contribution in [0.3, 0.4) is 0 Å². The van der Waals surface area contributed by atoms with E-state index in [-0.39, 0.29) is 36.0 Å². The van der Waals surface area contributed by atoms with Crippen molar-refractivity contribution in [1.82, 2.24) is 10.6 Å². The third-order valence-corrected chi connectivity index (χ3v) is 6.15. The Bertz CT molecular complexity index is 683. The van der Waals surface area contributed by atoms with Crippen molar-refractivity contribution in [1.29, 1.82) is 0 Å². The van der Waals surface area contributed by atoms with Crippen LogP contribution in [0.1, 0.15) is 57.4 Å². The maximum Gasteiger partial charge on any atom is 0.253 e.